The van der Waals surface area contributed by atoms with Crippen molar-refractivity contribution < 1.29 is 9.18 Å². The van der Waals surface area contributed by atoms with Gasteiger partial charge in [0, 0.05) is 25.0 Å². The van der Waals surface area contributed by atoms with Gasteiger partial charge in [-0.1, -0.05) is 0 Å². The van der Waals surface area contributed by atoms with Gasteiger partial charge in [-0.3, -0.25) is 4.79 Å². The van der Waals surface area contributed by atoms with E-state index in [0.29, 0.717) is 6.54 Å². The van der Waals surface area contributed by atoms with E-state index in [1.807, 2.05) is 23.2 Å². The number of likely N-dealkylation sites (tertiary alicyclic amines) is 1. The maximum absolute atomic E-state index is 13.5. The van der Waals surface area contributed by atoms with Gasteiger partial charge in [0.1, 0.15) is 11.6 Å². The molecule has 5 nitrogen and oxygen atoms in total. The highest BCUT2D eigenvalue weighted by atomic mass is 19.1. The molecule has 4 rings (SSSR count). The first kappa shape index (κ1) is 17.0. The summed E-state index contributed by atoms with van der Waals surface area (Å²) >= 11 is 0. The molecule has 0 aliphatic carbocycles. The monoisotopic (exact) mass is 354 g/mol. The maximum Gasteiger partial charge on any atom is 0.237 e. The normalized spacial score (nSPS) is 19.1. The van der Waals surface area contributed by atoms with Crippen LogP contribution in [0.1, 0.15) is 30.0 Å². The summed E-state index contributed by atoms with van der Waals surface area (Å²) < 4.78 is 13.5. The lowest BCUT2D eigenvalue weighted by Crippen LogP contribution is -2.36. The molecule has 0 spiro atoms. The van der Waals surface area contributed by atoms with Crippen molar-refractivity contribution in [2.75, 3.05) is 31.6 Å². The lowest BCUT2D eigenvalue weighted by atomic mass is 10.1. The van der Waals surface area contributed by atoms with Gasteiger partial charge in [0.15, 0.2) is 0 Å². The molecule has 1 amide bonds. The van der Waals surface area contributed by atoms with Crippen molar-refractivity contribution in [1.82, 2.24) is 15.2 Å². The Morgan fingerprint density at radius 3 is 3.04 bits per heavy atom. The average molecular weight is 354 g/mol. The van der Waals surface area contributed by atoms with Crippen molar-refractivity contribution in [3.63, 3.8) is 0 Å². The fourth-order valence-electron chi connectivity index (χ4n) is 4.06. The summed E-state index contributed by atoms with van der Waals surface area (Å²) in [6, 6.07) is 9.11. The van der Waals surface area contributed by atoms with Gasteiger partial charge in [-0.05, 0) is 67.8 Å². The van der Waals surface area contributed by atoms with Gasteiger partial charge in [-0.25, -0.2) is 9.37 Å². The van der Waals surface area contributed by atoms with Crippen LogP contribution in [0.25, 0.3) is 0 Å². The van der Waals surface area contributed by atoms with Crippen LogP contribution < -0.4 is 10.2 Å². The Labute approximate surface area is 152 Å². The van der Waals surface area contributed by atoms with Gasteiger partial charge < -0.3 is 15.1 Å². The minimum atomic E-state index is -0.197. The van der Waals surface area contributed by atoms with E-state index in [1.165, 1.54) is 6.07 Å². The molecule has 1 aromatic heterocycles. The van der Waals surface area contributed by atoms with Crippen molar-refractivity contribution in [1.29, 1.82) is 0 Å². The molecular formula is C20H23FN4O. The lowest BCUT2D eigenvalue weighted by molar-refractivity contribution is -0.131. The third kappa shape index (κ3) is 3.05. The third-order valence-electron chi connectivity index (χ3n) is 5.27. The molecule has 2 aliphatic rings. The molecule has 1 saturated heterocycles. The summed E-state index contributed by atoms with van der Waals surface area (Å²) in [6.07, 6.45) is 4.62. The molecule has 1 N–H and O–H groups in total. The summed E-state index contributed by atoms with van der Waals surface area (Å²) in [4.78, 5) is 21.0. The second-order valence-electron chi connectivity index (χ2n) is 6.90. The molecule has 1 aromatic carbocycles. The molecule has 3 heterocycles. The molecule has 2 aromatic rings. The van der Waals surface area contributed by atoms with Gasteiger partial charge in [-0.2, -0.15) is 0 Å². The Bertz CT molecular complexity index is 825. The van der Waals surface area contributed by atoms with Crippen molar-refractivity contribution in [2.45, 2.75) is 25.3 Å². The van der Waals surface area contributed by atoms with Crippen molar-refractivity contribution in [2.24, 2.45) is 0 Å². The summed E-state index contributed by atoms with van der Waals surface area (Å²) in [6.45, 7) is 1.95. The van der Waals surface area contributed by atoms with Crippen LogP contribution in [-0.2, 0) is 11.2 Å². The highest BCUT2D eigenvalue weighted by Gasteiger charge is 2.30. The number of aromatic nitrogens is 1. The quantitative estimate of drug-likeness (QED) is 0.917. The largest absolute Gasteiger partial charge is 0.335 e. The SMILES string of the molecule is CNCC(=O)N1CCC[C@H]1c1ccnc(N2CCc3cc(F)ccc32)c1. The van der Waals surface area contributed by atoms with E-state index in [2.05, 4.69) is 21.3 Å². The Kier molecular flexibility index (Phi) is 4.59. The van der Waals surface area contributed by atoms with E-state index in [4.69, 9.17) is 0 Å². The Morgan fingerprint density at radius 2 is 2.19 bits per heavy atom. The van der Waals surface area contributed by atoms with Crippen molar-refractivity contribution >= 4 is 17.4 Å². The summed E-state index contributed by atoms with van der Waals surface area (Å²) in [5, 5.41) is 2.95. The molecule has 0 unspecified atom stereocenters. The summed E-state index contributed by atoms with van der Waals surface area (Å²) in [5.41, 5.74) is 3.15. The molecule has 6 heteroatoms. The van der Waals surface area contributed by atoms with Gasteiger partial charge in [0.25, 0.3) is 0 Å². The second-order valence-corrected chi connectivity index (χ2v) is 6.90. The predicted octanol–water partition coefficient (Wildman–Crippen LogP) is 2.80. The minimum absolute atomic E-state index is 0.105. The van der Waals surface area contributed by atoms with E-state index in [9.17, 15) is 9.18 Å². The van der Waals surface area contributed by atoms with Crippen LogP contribution in [0.3, 0.4) is 0 Å². The van der Waals surface area contributed by atoms with Crippen LogP contribution in [0.4, 0.5) is 15.9 Å². The molecule has 26 heavy (non-hydrogen) atoms. The molecule has 2 aliphatic heterocycles. The molecule has 0 bridgehead atoms. The summed E-state index contributed by atoms with van der Waals surface area (Å²) in [7, 11) is 1.79. The summed E-state index contributed by atoms with van der Waals surface area (Å²) in [5.74, 6) is 0.799. The Balaban J connectivity index is 1.61. The average Bonchev–Trinajstić information content (AvgIpc) is 3.29. The number of hydrogen-bond acceptors (Lipinski definition) is 4. The number of carbonyl (C=O) groups is 1. The fourth-order valence-corrected chi connectivity index (χ4v) is 4.06. The van der Waals surface area contributed by atoms with Crippen molar-refractivity contribution in [3.8, 4) is 0 Å². The molecule has 1 fully saturated rings. The van der Waals surface area contributed by atoms with Crippen molar-refractivity contribution in [3.05, 3.63) is 53.5 Å². The molecule has 1 atom stereocenters. The predicted molar refractivity (Wildman–Crippen MR) is 99.0 cm³/mol. The lowest BCUT2D eigenvalue weighted by Gasteiger charge is -2.26. The van der Waals surface area contributed by atoms with Gasteiger partial charge in [0.05, 0.1) is 12.6 Å². The van der Waals surface area contributed by atoms with Crippen LogP contribution in [0.2, 0.25) is 0 Å². The van der Waals surface area contributed by atoms with Crippen LogP contribution in [-0.4, -0.2) is 42.5 Å². The number of amides is 1. The highest BCUT2D eigenvalue weighted by molar-refractivity contribution is 5.79. The number of rotatable bonds is 4. The van der Waals surface area contributed by atoms with Crippen LogP contribution in [0.15, 0.2) is 36.5 Å². The topological polar surface area (TPSA) is 48.5 Å². The first-order chi connectivity index (χ1) is 12.7. The number of nitrogens with zero attached hydrogens (tertiary/aromatic N) is 3. The van der Waals surface area contributed by atoms with E-state index < -0.39 is 0 Å². The van der Waals surface area contributed by atoms with E-state index >= 15 is 0 Å². The number of halogens is 1. The molecule has 0 radical (unpaired) electrons. The zero-order valence-corrected chi connectivity index (χ0v) is 14.9. The number of hydrogen-bond donors (Lipinski definition) is 1. The number of nitrogens with one attached hydrogen (secondary N) is 1. The van der Waals surface area contributed by atoms with Crippen LogP contribution >= 0.6 is 0 Å². The van der Waals surface area contributed by atoms with Crippen LogP contribution in [0.5, 0.6) is 0 Å². The molecule has 0 saturated carbocycles. The van der Waals surface area contributed by atoms with E-state index in [1.54, 1.807) is 13.1 Å². The van der Waals surface area contributed by atoms with Gasteiger partial charge in [0.2, 0.25) is 5.91 Å². The first-order valence-electron chi connectivity index (χ1n) is 9.13. The van der Waals surface area contributed by atoms with E-state index in [0.717, 1.165) is 55.0 Å². The van der Waals surface area contributed by atoms with Gasteiger partial charge >= 0.3 is 0 Å². The molecule has 136 valence electrons. The number of pyridine rings is 1. The number of anilines is 2. The third-order valence-corrected chi connectivity index (χ3v) is 5.27. The number of fused-ring (bicyclic) bond motifs is 1. The zero-order chi connectivity index (χ0) is 18.1. The Morgan fingerprint density at radius 1 is 1.31 bits per heavy atom. The number of benzene rings is 1. The van der Waals surface area contributed by atoms with E-state index in [-0.39, 0.29) is 17.8 Å². The first-order valence-corrected chi connectivity index (χ1v) is 9.13. The number of carbonyl (C=O) groups excluding carboxylic acids is 1. The number of likely N-dealkylation sites (N-methyl/N-ethyl adjacent to an activating group) is 1. The van der Waals surface area contributed by atoms with Gasteiger partial charge in [-0.15, -0.1) is 0 Å². The standard InChI is InChI=1S/C20H23FN4O/c1-22-13-20(26)25-9-2-3-17(25)14-6-8-23-19(12-14)24-10-7-15-11-16(21)4-5-18(15)24/h4-6,8,11-12,17,22H,2-3,7,9-10,13H2,1H3/t17-/m0/s1. The second kappa shape index (κ2) is 7.03. The van der Waals surface area contributed by atoms with Crippen LogP contribution in [0, 0.1) is 5.82 Å². The maximum atomic E-state index is 13.5. The highest BCUT2D eigenvalue weighted by Crippen LogP contribution is 2.37. The smallest absolute Gasteiger partial charge is 0.237 e. The minimum Gasteiger partial charge on any atom is -0.335 e. The fraction of sp³-hybridized carbons (Fsp3) is 0.400. The molecular weight excluding hydrogens is 331 g/mol. The Hall–Kier alpha value is -2.47. The zero-order valence-electron chi connectivity index (χ0n) is 14.9.